The molecule has 0 radical (unpaired) electrons. The molecule has 3 aromatic rings. The first-order chi connectivity index (χ1) is 16.7. The van der Waals surface area contributed by atoms with E-state index in [4.69, 9.17) is 4.74 Å². The van der Waals surface area contributed by atoms with Gasteiger partial charge in [0.2, 0.25) is 5.91 Å². The number of benzene rings is 1. The minimum atomic E-state index is -3.03. The van der Waals surface area contributed by atoms with Gasteiger partial charge in [-0.15, -0.1) is 0 Å². The number of rotatable bonds is 9. The molecule has 0 bridgehead atoms. The van der Waals surface area contributed by atoms with E-state index in [9.17, 15) is 13.2 Å². The van der Waals surface area contributed by atoms with Crippen LogP contribution >= 0.6 is 0 Å². The van der Waals surface area contributed by atoms with Gasteiger partial charge in [-0.2, -0.15) is 0 Å². The number of hydrogen-bond donors (Lipinski definition) is 3. The Bertz CT molecular complexity index is 1340. The largest absolute Gasteiger partial charge is 0.495 e. The molecule has 1 atom stereocenters. The minimum Gasteiger partial charge on any atom is -0.495 e. The number of aromatic nitrogens is 3. The van der Waals surface area contributed by atoms with Gasteiger partial charge >= 0.3 is 0 Å². The van der Waals surface area contributed by atoms with Crippen molar-refractivity contribution in [3.8, 4) is 5.75 Å². The number of aromatic amines is 1. The molecule has 4 rings (SSSR count). The Morgan fingerprint density at radius 1 is 1.29 bits per heavy atom. The van der Waals surface area contributed by atoms with E-state index in [1.807, 2.05) is 37.2 Å². The van der Waals surface area contributed by atoms with Gasteiger partial charge in [-0.25, -0.2) is 18.4 Å². The van der Waals surface area contributed by atoms with Crippen molar-refractivity contribution < 1.29 is 17.9 Å². The number of nitrogens with zero attached hydrogens (tertiary/aromatic N) is 3. The lowest BCUT2D eigenvalue weighted by molar-refractivity contribution is -0.125. The summed E-state index contributed by atoms with van der Waals surface area (Å²) in [5.41, 5.74) is 4.63. The Kier molecular flexibility index (Phi) is 7.15. The third-order valence-electron chi connectivity index (χ3n) is 6.29. The van der Waals surface area contributed by atoms with Gasteiger partial charge < -0.3 is 25.3 Å². The van der Waals surface area contributed by atoms with Crippen molar-refractivity contribution in [1.29, 1.82) is 0 Å². The Morgan fingerprint density at radius 3 is 2.80 bits per heavy atom. The molecule has 0 aliphatic heterocycles. The summed E-state index contributed by atoms with van der Waals surface area (Å²) < 4.78 is 28.2. The van der Waals surface area contributed by atoms with E-state index < -0.39 is 9.84 Å². The summed E-state index contributed by atoms with van der Waals surface area (Å²) in [6, 6.07) is 5.89. The number of aryl methyl sites for hydroxylation is 1. The van der Waals surface area contributed by atoms with Crippen molar-refractivity contribution in [2.45, 2.75) is 25.7 Å². The zero-order valence-electron chi connectivity index (χ0n) is 20.5. The summed E-state index contributed by atoms with van der Waals surface area (Å²) in [6.07, 6.45) is 5.13. The maximum Gasteiger partial charge on any atom is 0.223 e. The second-order valence-corrected chi connectivity index (χ2v) is 11.4. The summed E-state index contributed by atoms with van der Waals surface area (Å²) >= 11 is 0. The quantitative estimate of drug-likeness (QED) is 0.382. The van der Waals surface area contributed by atoms with Crippen LogP contribution in [0.4, 0.5) is 17.2 Å². The van der Waals surface area contributed by atoms with Crippen LogP contribution in [0.25, 0.3) is 11.0 Å². The molecule has 1 aliphatic rings. The zero-order valence-corrected chi connectivity index (χ0v) is 21.3. The van der Waals surface area contributed by atoms with Crippen LogP contribution in [0.15, 0.2) is 24.5 Å². The lowest BCUT2D eigenvalue weighted by atomic mass is 9.86. The molecule has 0 fully saturated rings. The van der Waals surface area contributed by atoms with Crippen LogP contribution in [0.2, 0.25) is 0 Å². The SMILES string of the molecule is COc1ccc(N(C)C)cc1Nc1ncnc2[nH]c3c(c12)CC(C(=O)NCCCS(C)(=O)=O)CC3. The highest BCUT2D eigenvalue weighted by molar-refractivity contribution is 7.90. The van der Waals surface area contributed by atoms with Gasteiger partial charge in [-0.05, 0) is 49.4 Å². The molecular formula is C24H32N6O4S. The number of carbonyl (C=O) groups excluding carboxylic acids is 1. The molecule has 1 amide bonds. The molecule has 10 nitrogen and oxygen atoms in total. The molecule has 0 saturated carbocycles. The normalized spacial score (nSPS) is 15.5. The van der Waals surface area contributed by atoms with Crippen LogP contribution in [-0.2, 0) is 27.5 Å². The van der Waals surface area contributed by atoms with E-state index in [1.54, 1.807) is 7.11 Å². The van der Waals surface area contributed by atoms with Crippen molar-refractivity contribution in [3.05, 3.63) is 35.8 Å². The van der Waals surface area contributed by atoms with Gasteiger partial charge in [0, 0.05) is 44.2 Å². The Labute approximate surface area is 205 Å². The Balaban J connectivity index is 1.57. The highest BCUT2D eigenvalue weighted by atomic mass is 32.2. The molecule has 188 valence electrons. The summed E-state index contributed by atoms with van der Waals surface area (Å²) in [5, 5.41) is 7.19. The second kappa shape index (κ2) is 10.1. The smallest absolute Gasteiger partial charge is 0.223 e. The van der Waals surface area contributed by atoms with Gasteiger partial charge in [0.1, 0.15) is 33.4 Å². The molecule has 3 N–H and O–H groups in total. The first-order valence-electron chi connectivity index (χ1n) is 11.6. The maximum absolute atomic E-state index is 12.8. The number of anilines is 3. The average molecular weight is 501 g/mol. The maximum atomic E-state index is 12.8. The molecule has 0 spiro atoms. The number of nitrogens with one attached hydrogen (secondary N) is 3. The Morgan fingerprint density at radius 2 is 2.09 bits per heavy atom. The predicted octanol–water partition coefficient (Wildman–Crippen LogP) is 2.43. The number of sulfone groups is 1. The number of methoxy groups -OCH3 is 1. The van der Waals surface area contributed by atoms with Crippen LogP contribution in [-0.4, -0.2) is 69.0 Å². The van der Waals surface area contributed by atoms with E-state index in [0.717, 1.165) is 40.1 Å². The first-order valence-corrected chi connectivity index (χ1v) is 13.6. The molecule has 1 unspecified atom stereocenters. The molecule has 11 heteroatoms. The first kappa shape index (κ1) is 24.8. The topological polar surface area (TPSA) is 129 Å². The van der Waals surface area contributed by atoms with E-state index in [-0.39, 0.29) is 17.6 Å². The van der Waals surface area contributed by atoms with E-state index in [1.165, 1.54) is 12.6 Å². The van der Waals surface area contributed by atoms with E-state index in [0.29, 0.717) is 37.4 Å². The van der Waals surface area contributed by atoms with E-state index >= 15 is 0 Å². The van der Waals surface area contributed by atoms with Crippen LogP contribution in [0, 0.1) is 5.92 Å². The van der Waals surface area contributed by atoms with Crippen LogP contribution in [0.5, 0.6) is 5.75 Å². The molecule has 35 heavy (non-hydrogen) atoms. The van der Waals surface area contributed by atoms with Crippen molar-refractivity contribution in [3.63, 3.8) is 0 Å². The Hall–Kier alpha value is -3.34. The lowest BCUT2D eigenvalue weighted by Crippen LogP contribution is -2.35. The van der Waals surface area contributed by atoms with Crippen molar-refractivity contribution in [2.75, 3.05) is 50.0 Å². The fraction of sp³-hybridized carbons (Fsp3) is 0.458. The van der Waals surface area contributed by atoms with Crippen LogP contribution in [0.3, 0.4) is 0 Å². The number of carbonyl (C=O) groups is 1. The number of amides is 1. The number of ether oxygens (including phenoxy) is 1. The lowest BCUT2D eigenvalue weighted by Gasteiger charge is -2.22. The molecule has 1 aromatic carbocycles. The van der Waals surface area contributed by atoms with Crippen molar-refractivity contribution >= 4 is 44.0 Å². The van der Waals surface area contributed by atoms with Crippen LogP contribution < -0.4 is 20.3 Å². The predicted molar refractivity (Wildman–Crippen MR) is 137 cm³/mol. The third kappa shape index (κ3) is 5.67. The summed E-state index contributed by atoms with van der Waals surface area (Å²) in [5.74, 6) is 1.16. The van der Waals surface area contributed by atoms with Gasteiger partial charge in [0.05, 0.1) is 23.9 Å². The highest BCUT2D eigenvalue weighted by Crippen LogP contribution is 2.37. The number of fused-ring (bicyclic) bond motifs is 3. The average Bonchev–Trinajstić information content (AvgIpc) is 3.19. The second-order valence-electron chi connectivity index (χ2n) is 9.15. The van der Waals surface area contributed by atoms with Gasteiger partial charge in [0.15, 0.2) is 0 Å². The fourth-order valence-corrected chi connectivity index (χ4v) is 5.12. The summed E-state index contributed by atoms with van der Waals surface area (Å²) in [4.78, 5) is 27.2. The standard InChI is InChI=1S/C24H32N6O4S/c1-30(2)16-7-9-20(34-3)19(13-16)29-23-21-17-12-15(24(31)25-10-5-11-35(4,32)33)6-8-18(17)28-22(21)26-14-27-23/h7,9,13-15H,5-6,8,10-12H2,1-4H3,(H,25,31)(H2,26,27,28,29). The van der Waals surface area contributed by atoms with Gasteiger partial charge in [-0.3, -0.25) is 4.79 Å². The van der Waals surface area contributed by atoms with Crippen LogP contribution in [0.1, 0.15) is 24.1 Å². The fourth-order valence-electron chi connectivity index (χ4n) is 4.45. The zero-order chi connectivity index (χ0) is 25.2. The molecule has 2 aromatic heterocycles. The molecule has 1 aliphatic carbocycles. The number of hydrogen-bond acceptors (Lipinski definition) is 8. The highest BCUT2D eigenvalue weighted by Gasteiger charge is 2.29. The van der Waals surface area contributed by atoms with Crippen molar-refractivity contribution in [2.24, 2.45) is 5.92 Å². The third-order valence-corrected chi connectivity index (χ3v) is 7.32. The molecule has 0 saturated heterocycles. The van der Waals surface area contributed by atoms with E-state index in [2.05, 4.69) is 25.6 Å². The van der Waals surface area contributed by atoms with Gasteiger partial charge in [-0.1, -0.05) is 0 Å². The number of H-pyrrole nitrogens is 1. The monoisotopic (exact) mass is 500 g/mol. The molecular weight excluding hydrogens is 468 g/mol. The summed E-state index contributed by atoms with van der Waals surface area (Å²) in [6.45, 7) is 0.348. The minimum absolute atomic E-state index is 0.0507. The van der Waals surface area contributed by atoms with Crippen molar-refractivity contribution in [1.82, 2.24) is 20.3 Å². The summed E-state index contributed by atoms with van der Waals surface area (Å²) in [7, 11) is 2.54. The van der Waals surface area contributed by atoms with Gasteiger partial charge in [0.25, 0.3) is 0 Å². The molecule has 2 heterocycles.